The molecule has 0 spiro atoms. The first-order valence-corrected chi connectivity index (χ1v) is 9.61. The number of likely N-dealkylation sites (tertiary alicyclic amines) is 1. The molecule has 2 aromatic heterocycles. The number of rotatable bonds is 4. The summed E-state index contributed by atoms with van der Waals surface area (Å²) in [5.41, 5.74) is 2.04. The van der Waals surface area contributed by atoms with Gasteiger partial charge in [-0.05, 0) is 31.4 Å². The van der Waals surface area contributed by atoms with Gasteiger partial charge in [-0.15, -0.1) is 11.3 Å². The molecule has 0 aliphatic carbocycles. The zero-order valence-corrected chi connectivity index (χ0v) is 15.3. The monoisotopic (exact) mass is 382 g/mol. The van der Waals surface area contributed by atoms with Crippen LogP contribution < -0.4 is 0 Å². The van der Waals surface area contributed by atoms with Crippen molar-refractivity contribution in [2.24, 2.45) is 0 Å². The lowest BCUT2D eigenvalue weighted by atomic mass is 10.0. The molecule has 138 valence electrons. The second-order valence-electron chi connectivity index (χ2n) is 6.40. The van der Waals surface area contributed by atoms with Gasteiger partial charge in [-0.3, -0.25) is 4.79 Å². The maximum Gasteiger partial charge on any atom is 0.326 e. The van der Waals surface area contributed by atoms with Gasteiger partial charge >= 0.3 is 5.97 Å². The number of aromatic nitrogens is 3. The van der Waals surface area contributed by atoms with Crippen molar-refractivity contribution >= 4 is 23.2 Å². The molecule has 27 heavy (non-hydrogen) atoms. The molecular weight excluding hydrogens is 364 g/mol. The Hall–Kier alpha value is -3.00. The molecule has 1 aliphatic rings. The summed E-state index contributed by atoms with van der Waals surface area (Å²) in [6.07, 6.45) is 5.70. The van der Waals surface area contributed by atoms with Gasteiger partial charge in [-0.25, -0.2) is 14.5 Å². The molecule has 3 aromatic rings. The number of amides is 1. The average Bonchev–Trinajstić information content (AvgIpc) is 3.37. The zero-order valence-electron chi connectivity index (χ0n) is 14.5. The lowest BCUT2D eigenvalue weighted by Gasteiger charge is -2.32. The van der Waals surface area contributed by atoms with E-state index in [2.05, 4.69) is 10.1 Å². The first kappa shape index (κ1) is 17.4. The molecule has 1 aromatic carbocycles. The van der Waals surface area contributed by atoms with Crippen LogP contribution in [0.15, 0.2) is 48.1 Å². The maximum absolute atomic E-state index is 12.8. The largest absolute Gasteiger partial charge is 0.480 e. The zero-order chi connectivity index (χ0) is 18.8. The van der Waals surface area contributed by atoms with Crippen molar-refractivity contribution in [3.63, 3.8) is 0 Å². The number of carbonyl (C=O) groups is 2. The van der Waals surface area contributed by atoms with Crippen LogP contribution in [-0.4, -0.2) is 49.2 Å². The van der Waals surface area contributed by atoms with Crippen LogP contribution in [0.25, 0.3) is 16.3 Å². The number of carboxylic acids is 1. The van der Waals surface area contributed by atoms with Crippen molar-refractivity contribution in [2.75, 3.05) is 6.54 Å². The van der Waals surface area contributed by atoms with Gasteiger partial charge in [-0.1, -0.05) is 18.2 Å². The fourth-order valence-corrected chi connectivity index (χ4v) is 4.01. The fraction of sp³-hybridized carbons (Fsp3) is 0.263. The van der Waals surface area contributed by atoms with E-state index in [1.807, 2.05) is 36.5 Å². The average molecular weight is 382 g/mol. The molecule has 1 N–H and O–H groups in total. The summed E-state index contributed by atoms with van der Waals surface area (Å²) < 4.78 is 1.75. The van der Waals surface area contributed by atoms with E-state index in [-0.39, 0.29) is 11.6 Å². The smallest absolute Gasteiger partial charge is 0.326 e. The topological polar surface area (TPSA) is 88.3 Å². The van der Waals surface area contributed by atoms with Crippen LogP contribution in [0.3, 0.4) is 0 Å². The second kappa shape index (κ2) is 7.32. The summed E-state index contributed by atoms with van der Waals surface area (Å²) in [5.74, 6) is -1.28. The van der Waals surface area contributed by atoms with Crippen molar-refractivity contribution < 1.29 is 14.7 Å². The fourth-order valence-electron chi connectivity index (χ4n) is 3.24. The summed E-state index contributed by atoms with van der Waals surface area (Å²) in [5, 5.41) is 16.1. The van der Waals surface area contributed by atoms with Crippen LogP contribution >= 0.6 is 11.3 Å². The molecule has 0 unspecified atom stereocenters. The Morgan fingerprint density at radius 3 is 2.78 bits per heavy atom. The van der Waals surface area contributed by atoms with Gasteiger partial charge in [0.15, 0.2) is 0 Å². The second-order valence-corrected chi connectivity index (χ2v) is 7.25. The summed E-state index contributed by atoms with van der Waals surface area (Å²) in [4.78, 5) is 30.1. The number of benzene rings is 1. The van der Waals surface area contributed by atoms with Gasteiger partial charge in [0.2, 0.25) is 0 Å². The predicted octanol–water partition coefficient (Wildman–Crippen LogP) is 3.08. The van der Waals surface area contributed by atoms with Crippen molar-refractivity contribution in [3.8, 4) is 16.3 Å². The van der Waals surface area contributed by atoms with Crippen LogP contribution in [-0.2, 0) is 4.79 Å². The van der Waals surface area contributed by atoms with Crippen LogP contribution in [0, 0.1) is 0 Å². The lowest BCUT2D eigenvalue weighted by Crippen LogP contribution is -2.48. The minimum absolute atomic E-state index is 0.288. The number of carboxylic acid groups (broad SMARTS) is 1. The number of piperidine rings is 1. The minimum Gasteiger partial charge on any atom is -0.480 e. The minimum atomic E-state index is -0.956. The van der Waals surface area contributed by atoms with Crippen LogP contribution in [0.5, 0.6) is 0 Å². The Morgan fingerprint density at radius 2 is 2.00 bits per heavy atom. The number of carbonyl (C=O) groups excluding carboxylic acids is 1. The Morgan fingerprint density at radius 1 is 1.19 bits per heavy atom. The van der Waals surface area contributed by atoms with Gasteiger partial charge in [0.1, 0.15) is 16.7 Å². The van der Waals surface area contributed by atoms with Gasteiger partial charge < -0.3 is 10.0 Å². The molecule has 7 nitrogen and oxygen atoms in total. The highest BCUT2D eigenvalue weighted by Crippen LogP contribution is 2.26. The molecule has 1 amide bonds. The Bertz CT molecular complexity index is 966. The van der Waals surface area contributed by atoms with Gasteiger partial charge in [0.25, 0.3) is 5.91 Å². The van der Waals surface area contributed by atoms with E-state index in [0.29, 0.717) is 18.0 Å². The molecule has 1 atom stereocenters. The molecule has 1 saturated heterocycles. The van der Waals surface area contributed by atoms with E-state index < -0.39 is 12.0 Å². The van der Waals surface area contributed by atoms with Crippen LogP contribution in [0.1, 0.15) is 29.8 Å². The molecule has 0 saturated carbocycles. The summed E-state index contributed by atoms with van der Waals surface area (Å²) in [6, 6.07) is 8.96. The standard InChI is InChI=1S/C19H18N4O3S/c24-18(22-9-5-4-8-16(22)19(25)26)15-12-27-17(21-15)13-10-20-23(11-13)14-6-2-1-3-7-14/h1-3,6-7,10-12,16H,4-5,8-9H2,(H,25,26)/t16-/m1/s1. The number of thiazole rings is 1. The molecule has 1 fully saturated rings. The third-order valence-corrected chi connectivity index (χ3v) is 5.51. The van der Waals surface area contributed by atoms with E-state index in [9.17, 15) is 14.7 Å². The van der Waals surface area contributed by atoms with Gasteiger partial charge in [-0.2, -0.15) is 5.10 Å². The Kier molecular flexibility index (Phi) is 4.72. The molecule has 8 heteroatoms. The SMILES string of the molecule is O=C(O)[C@H]1CCCCN1C(=O)c1csc(-c2cnn(-c3ccccc3)c2)n1. The van der Waals surface area contributed by atoms with E-state index in [1.165, 1.54) is 16.2 Å². The Labute approximate surface area is 159 Å². The highest BCUT2D eigenvalue weighted by molar-refractivity contribution is 7.13. The number of aliphatic carboxylic acids is 1. The Balaban J connectivity index is 1.56. The van der Waals surface area contributed by atoms with E-state index in [4.69, 9.17) is 0 Å². The van der Waals surface area contributed by atoms with E-state index >= 15 is 0 Å². The quantitative estimate of drug-likeness (QED) is 0.749. The summed E-state index contributed by atoms with van der Waals surface area (Å²) >= 11 is 1.35. The van der Waals surface area contributed by atoms with Gasteiger partial charge in [0, 0.05) is 23.7 Å². The van der Waals surface area contributed by atoms with E-state index in [1.54, 1.807) is 16.3 Å². The first-order chi connectivity index (χ1) is 13.1. The number of nitrogens with zero attached hydrogens (tertiary/aromatic N) is 4. The van der Waals surface area contributed by atoms with Gasteiger partial charge in [0.05, 0.1) is 11.9 Å². The third kappa shape index (κ3) is 3.48. The first-order valence-electron chi connectivity index (χ1n) is 8.73. The summed E-state index contributed by atoms with van der Waals surface area (Å²) in [6.45, 7) is 0.453. The van der Waals surface area contributed by atoms with Crippen molar-refractivity contribution in [3.05, 3.63) is 53.8 Å². The lowest BCUT2D eigenvalue weighted by molar-refractivity contribution is -0.143. The van der Waals surface area contributed by atoms with E-state index in [0.717, 1.165) is 24.1 Å². The predicted molar refractivity (Wildman–Crippen MR) is 101 cm³/mol. The highest BCUT2D eigenvalue weighted by Gasteiger charge is 2.33. The number of hydrogen-bond acceptors (Lipinski definition) is 5. The molecule has 3 heterocycles. The molecule has 0 bridgehead atoms. The number of para-hydroxylation sites is 1. The van der Waals surface area contributed by atoms with Crippen LogP contribution in [0.4, 0.5) is 0 Å². The number of hydrogen-bond donors (Lipinski definition) is 1. The van der Waals surface area contributed by atoms with Crippen LogP contribution in [0.2, 0.25) is 0 Å². The molecular formula is C19H18N4O3S. The summed E-state index contributed by atoms with van der Waals surface area (Å²) in [7, 11) is 0. The molecule has 0 radical (unpaired) electrons. The normalized spacial score (nSPS) is 17.0. The molecule has 4 rings (SSSR count). The van der Waals surface area contributed by atoms with Crippen molar-refractivity contribution in [1.29, 1.82) is 0 Å². The maximum atomic E-state index is 12.8. The van der Waals surface area contributed by atoms with Crippen molar-refractivity contribution in [1.82, 2.24) is 19.7 Å². The molecule has 1 aliphatic heterocycles. The third-order valence-electron chi connectivity index (χ3n) is 4.62. The highest BCUT2D eigenvalue weighted by atomic mass is 32.1. The van der Waals surface area contributed by atoms with Crippen molar-refractivity contribution in [2.45, 2.75) is 25.3 Å².